The third-order valence-electron chi connectivity index (χ3n) is 5.17. The lowest BCUT2D eigenvalue weighted by molar-refractivity contribution is -0.140. The summed E-state index contributed by atoms with van der Waals surface area (Å²) < 4.78 is 52.9. The summed E-state index contributed by atoms with van der Waals surface area (Å²) in [7, 11) is 1.90. The van der Waals surface area contributed by atoms with Gasteiger partial charge in [0.2, 0.25) is 0 Å². The van der Waals surface area contributed by atoms with Crippen molar-refractivity contribution in [1.29, 1.82) is 0 Å². The zero-order valence-electron chi connectivity index (χ0n) is 15.2. The monoisotopic (exact) mass is 526 g/mol. The predicted octanol–water partition coefficient (Wildman–Crippen LogP) is 5.62. The molecule has 0 spiro atoms. The van der Waals surface area contributed by atoms with Gasteiger partial charge in [0.25, 0.3) is 0 Å². The molecule has 152 valence electrons. The lowest BCUT2D eigenvalue weighted by atomic mass is 9.92. The van der Waals surface area contributed by atoms with Crippen molar-refractivity contribution in [2.24, 2.45) is 0 Å². The topological polar surface area (TPSA) is 15.3 Å². The van der Waals surface area contributed by atoms with Crippen LogP contribution in [0.1, 0.15) is 28.2 Å². The van der Waals surface area contributed by atoms with Crippen LogP contribution in [0.5, 0.6) is 0 Å². The van der Waals surface area contributed by atoms with Crippen molar-refractivity contribution in [3.05, 3.63) is 69.5 Å². The van der Waals surface area contributed by atoms with E-state index in [0.29, 0.717) is 12.1 Å². The Kier molecular flexibility index (Phi) is 6.89. The molecule has 1 unspecified atom stereocenters. The average Bonchev–Trinajstić information content (AvgIpc) is 3.10. The molecule has 2 atom stereocenters. The normalized spacial score (nSPS) is 20.1. The number of nitrogens with one attached hydrogen (secondary N) is 1. The third-order valence-corrected chi connectivity index (χ3v) is 6.34. The van der Waals surface area contributed by atoms with Gasteiger partial charge in [-0.15, -0.1) is 0 Å². The number of hydrogen-bond acceptors (Lipinski definition) is 2. The Morgan fingerprint density at radius 1 is 1.18 bits per heavy atom. The van der Waals surface area contributed by atoms with Crippen LogP contribution < -0.4 is 5.32 Å². The maximum absolute atomic E-state index is 13.9. The molecule has 0 aliphatic carbocycles. The van der Waals surface area contributed by atoms with Crippen LogP contribution in [-0.2, 0) is 17.1 Å². The third kappa shape index (κ3) is 4.80. The number of benzene rings is 2. The minimum Gasteiger partial charge on any atom is -0.314 e. The van der Waals surface area contributed by atoms with Gasteiger partial charge >= 0.3 is 6.18 Å². The fraction of sp³-hybridized carbons (Fsp3) is 0.400. The standard InChI is InChI=1S/C20H20ClF4IN2/c1-28(11-12-2-5-16(18(22)6-12)20(23,24)25)19-10-27-9-15(19)13-3-4-14(8-26)17(21)7-13/h2-7,15,19,27H,8-11H2,1H3/t15-,19?/m1/s1. The van der Waals surface area contributed by atoms with Crippen molar-refractivity contribution in [3.63, 3.8) is 0 Å². The van der Waals surface area contributed by atoms with Gasteiger partial charge in [0.15, 0.2) is 0 Å². The molecule has 1 saturated heterocycles. The van der Waals surface area contributed by atoms with Crippen LogP contribution in [0.15, 0.2) is 36.4 Å². The molecule has 8 heteroatoms. The largest absolute Gasteiger partial charge is 0.419 e. The van der Waals surface area contributed by atoms with E-state index in [9.17, 15) is 17.6 Å². The van der Waals surface area contributed by atoms with Crippen LogP contribution in [-0.4, -0.2) is 31.1 Å². The van der Waals surface area contributed by atoms with Crippen LogP contribution >= 0.6 is 34.2 Å². The van der Waals surface area contributed by atoms with Crippen molar-refractivity contribution in [2.75, 3.05) is 20.1 Å². The molecule has 1 aliphatic rings. The van der Waals surface area contributed by atoms with Gasteiger partial charge in [-0.1, -0.05) is 52.4 Å². The lowest BCUT2D eigenvalue weighted by Crippen LogP contribution is -2.36. The molecule has 0 amide bonds. The summed E-state index contributed by atoms with van der Waals surface area (Å²) in [6.07, 6.45) is -4.68. The summed E-state index contributed by atoms with van der Waals surface area (Å²) in [6.45, 7) is 1.89. The highest BCUT2D eigenvalue weighted by atomic mass is 127. The van der Waals surface area contributed by atoms with Crippen molar-refractivity contribution >= 4 is 34.2 Å². The number of hydrogen-bond donors (Lipinski definition) is 1. The van der Waals surface area contributed by atoms with Crippen LogP contribution in [0, 0.1) is 5.82 Å². The summed E-state index contributed by atoms with van der Waals surface area (Å²) in [5, 5.41) is 4.11. The quantitative estimate of drug-likeness (QED) is 0.309. The Hall–Kier alpha value is -0.900. The first-order valence-electron chi connectivity index (χ1n) is 8.81. The summed E-state index contributed by atoms with van der Waals surface area (Å²) >= 11 is 8.63. The molecule has 28 heavy (non-hydrogen) atoms. The average molecular weight is 527 g/mol. The molecule has 2 nitrogen and oxygen atoms in total. The first kappa shape index (κ1) is 21.8. The van der Waals surface area contributed by atoms with Crippen LogP contribution in [0.4, 0.5) is 17.6 Å². The summed E-state index contributed by atoms with van der Waals surface area (Å²) in [6, 6.07) is 9.36. The van der Waals surface area contributed by atoms with E-state index in [1.807, 2.05) is 24.1 Å². The molecule has 0 saturated carbocycles. The second kappa shape index (κ2) is 8.85. The number of nitrogens with zero attached hydrogens (tertiary/aromatic N) is 1. The van der Waals surface area contributed by atoms with E-state index >= 15 is 0 Å². The molecule has 1 heterocycles. The number of alkyl halides is 4. The number of likely N-dealkylation sites (N-methyl/N-ethyl adjacent to an activating group) is 1. The van der Waals surface area contributed by atoms with Gasteiger partial charge < -0.3 is 5.32 Å². The predicted molar refractivity (Wildman–Crippen MR) is 111 cm³/mol. The van der Waals surface area contributed by atoms with E-state index in [1.165, 1.54) is 6.07 Å². The fourth-order valence-corrected chi connectivity index (χ4v) is 4.81. The van der Waals surface area contributed by atoms with Crippen LogP contribution in [0.25, 0.3) is 0 Å². The highest BCUT2D eigenvalue weighted by Gasteiger charge is 2.35. The second-order valence-electron chi connectivity index (χ2n) is 7.04. The fourth-order valence-electron chi connectivity index (χ4n) is 3.66. The van der Waals surface area contributed by atoms with Gasteiger partial charge in [-0.2, -0.15) is 13.2 Å². The molecular formula is C20H20ClF4IN2. The van der Waals surface area contributed by atoms with E-state index in [0.717, 1.165) is 45.8 Å². The zero-order valence-corrected chi connectivity index (χ0v) is 18.1. The Balaban J connectivity index is 1.75. The highest BCUT2D eigenvalue weighted by Crippen LogP contribution is 2.33. The first-order valence-corrected chi connectivity index (χ1v) is 10.7. The van der Waals surface area contributed by atoms with Crippen molar-refractivity contribution in [2.45, 2.75) is 29.1 Å². The van der Waals surface area contributed by atoms with Gasteiger partial charge in [0.1, 0.15) is 5.82 Å². The van der Waals surface area contributed by atoms with E-state index in [1.54, 1.807) is 0 Å². The minimum atomic E-state index is -4.68. The Morgan fingerprint density at radius 3 is 2.54 bits per heavy atom. The van der Waals surface area contributed by atoms with Gasteiger partial charge in [-0.25, -0.2) is 4.39 Å². The molecule has 2 aromatic rings. The molecule has 0 radical (unpaired) electrons. The van der Waals surface area contributed by atoms with Crippen LogP contribution in [0.3, 0.4) is 0 Å². The van der Waals surface area contributed by atoms with Crippen molar-refractivity contribution in [3.8, 4) is 0 Å². The maximum atomic E-state index is 13.9. The summed E-state index contributed by atoms with van der Waals surface area (Å²) in [5.74, 6) is -1.04. The Bertz CT molecular complexity index is 843. The van der Waals surface area contributed by atoms with E-state index in [4.69, 9.17) is 11.6 Å². The Labute approximate surface area is 180 Å². The van der Waals surface area contributed by atoms with Gasteiger partial charge in [-0.05, 0) is 41.9 Å². The maximum Gasteiger partial charge on any atom is 0.419 e. The smallest absolute Gasteiger partial charge is 0.314 e. The lowest BCUT2D eigenvalue weighted by Gasteiger charge is -2.29. The molecule has 3 rings (SSSR count). The second-order valence-corrected chi connectivity index (χ2v) is 8.21. The molecular weight excluding hydrogens is 507 g/mol. The summed E-state index contributed by atoms with van der Waals surface area (Å²) in [4.78, 5) is 2.05. The van der Waals surface area contributed by atoms with E-state index < -0.39 is 17.6 Å². The molecule has 1 aliphatic heterocycles. The highest BCUT2D eigenvalue weighted by molar-refractivity contribution is 14.1. The molecule has 2 aromatic carbocycles. The van der Waals surface area contributed by atoms with Gasteiger partial charge in [0, 0.05) is 41.0 Å². The van der Waals surface area contributed by atoms with Crippen molar-refractivity contribution in [1.82, 2.24) is 10.2 Å². The Morgan fingerprint density at radius 2 is 1.93 bits per heavy atom. The first-order chi connectivity index (χ1) is 13.2. The molecule has 1 N–H and O–H groups in total. The SMILES string of the molecule is CN(Cc1ccc(C(F)(F)F)c(F)c1)C1CNC[C@@H]1c1ccc(CI)c(Cl)c1. The zero-order chi connectivity index (χ0) is 20.5. The van der Waals surface area contributed by atoms with Crippen molar-refractivity contribution < 1.29 is 17.6 Å². The van der Waals surface area contributed by atoms with Crippen LogP contribution in [0.2, 0.25) is 5.02 Å². The minimum absolute atomic E-state index is 0.131. The summed E-state index contributed by atoms with van der Waals surface area (Å²) in [5.41, 5.74) is 1.49. The number of halogens is 6. The molecule has 0 aromatic heterocycles. The van der Waals surface area contributed by atoms with Gasteiger partial charge in [0.05, 0.1) is 5.56 Å². The van der Waals surface area contributed by atoms with Gasteiger partial charge in [-0.3, -0.25) is 4.90 Å². The molecule has 0 bridgehead atoms. The van der Waals surface area contributed by atoms with E-state index in [-0.39, 0.29) is 12.0 Å². The molecule has 1 fully saturated rings. The van der Waals surface area contributed by atoms with E-state index in [2.05, 4.69) is 34.0 Å². The number of rotatable bonds is 5.